The Labute approximate surface area is 100 Å². The van der Waals surface area contributed by atoms with Crippen LogP contribution < -0.4 is 5.32 Å². The van der Waals surface area contributed by atoms with E-state index in [-0.39, 0.29) is 12.0 Å². The van der Waals surface area contributed by atoms with Gasteiger partial charge in [0.2, 0.25) is 0 Å². The SMILES string of the molecule is CCOC(=O)C(NC(C)CC)c1cscn1. The number of thiazole rings is 1. The molecule has 0 saturated heterocycles. The first-order valence-corrected chi connectivity index (χ1v) is 6.44. The van der Waals surface area contributed by atoms with Crippen molar-refractivity contribution in [2.24, 2.45) is 0 Å². The van der Waals surface area contributed by atoms with Crippen LogP contribution >= 0.6 is 11.3 Å². The Hall–Kier alpha value is -0.940. The zero-order chi connectivity index (χ0) is 12.0. The normalized spacial score (nSPS) is 14.4. The molecular weight excluding hydrogens is 224 g/mol. The molecule has 2 atom stereocenters. The van der Waals surface area contributed by atoms with Crippen molar-refractivity contribution in [3.05, 3.63) is 16.6 Å². The molecular formula is C11H18N2O2S. The van der Waals surface area contributed by atoms with Gasteiger partial charge in [-0.15, -0.1) is 11.3 Å². The molecule has 16 heavy (non-hydrogen) atoms. The number of nitrogens with zero attached hydrogens (tertiary/aromatic N) is 1. The van der Waals surface area contributed by atoms with Crippen molar-refractivity contribution in [3.8, 4) is 0 Å². The third-order valence-corrected chi connectivity index (χ3v) is 2.94. The largest absolute Gasteiger partial charge is 0.465 e. The number of hydrogen-bond donors (Lipinski definition) is 1. The van der Waals surface area contributed by atoms with E-state index in [0.717, 1.165) is 12.1 Å². The van der Waals surface area contributed by atoms with E-state index in [1.54, 1.807) is 12.4 Å². The van der Waals surface area contributed by atoms with E-state index >= 15 is 0 Å². The summed E-state index contributed by atoms with van der Waals surface area (Å²) in [6, 6.07) is -0.183. The average Bonchev–Trinajstić information content (AvgIpc) is 2.78. The van der Waals surface area contributed by atoms with E-state index in [1.807, 2.05) is 12.3 Å². The molecule has 0 spiro atoms. The van der Waals surface area contributed by atoms with Gasteiger partial charge >= 0.3 is 5.97 Å². The highest BCUT2D eigenvalue weighted by atomic mass is 32.1. The van der Waals surface area contributed by atoms with Crippen LogP contribution in [0.15, 0.2) is 10.9 Å². The first-order valence-electron chi connectivity index (χ1n) is 5.49. The van der Waals surface area contributed by atoms with Gasteiger partial charge in [-0.2, -0.15) is 0 Å². The van der Waals surface area contributed by atoms with Gasteiger partial charge in [0.25, 0.3) is 0 Å². The minimum Gasteiger partial charge on any atom is -0.465 e. The number of nitrogens with one attached hydrogen (secondary N) is 1. The lowest BCUT2D eigenvalue weighted by molar-refractivity contribution is -0.146. The molecule has 90 valence electrons. The van der Waals surface area contributed by atoms with E-state index in [0.29, 0.717) is 6.61 Å². The van der Waals surface area contributed by atoms with Crippen LogP contribution in [0.25, 0.3) is 0 Å². The van der Waals surface area contributed by atoms with E-state index in [4.69, 9.17) is 4.74 Å². The third-order valence-electron chi connectivity index (χ3n) is 2.33. The van der Waals surface area contributed by atoms with Gasteiger partial charge in [0.05, 0.1) is 17.8 Å². The lowest BCUT2D eigenvalue weighted by Gasteiger charge is -2.19. The van der Waals surface area contributed by atoms with E-state index in [2.05, 4.69) is 17.2 Å². The van der Waals surface area contributed by atoms with E-state index in [9.17, 15) is 4.79 Å². The Balaban J connectivity index is 2.73. The van der Waals surface area contributed by atoms with Crippen LogP contribution in [0.3, 0.4) is 0 Å². The molecule has 1 N–H and O–H groups in total. The quantitative estimate of drug-likeness (QED) is 0.776. The Morgan fingerprint density at radius 1 is 1.62 bits per heavy atom. The molecule has 2 unspecified atom stereocenters. The van der Waals surface area contributed by atoms with Crippen molar-refractivity contribution in [1.82, 2.24) is 10.3 Å². The molecule has 0 fully saturated rings. The molecule has 0 saturated carbocycles. The van der Waals surface area contributed by atoms with Crippen LogP contribution in [-0.4, -0.2) is 23.6 Å². The van der Waals surface area contributed by atoms with Gasteiger partial charge in [0.15, 0.2) is 0 Å². The fourth-order valence-electron chi connectivity index (χ4n) is 1.27. The molecule has 0 aromatic carbocycles. The summed E-state index contributed by atoms with van der Waals surface area (Å²) in [5.41, 5.74) is 2.46. The predicted octanol–water partition coefficient (Wildman–Crippen LogP) is 2.14. The van der Waals surface area contributed by atoms with Crippen molar-refractivity contribution in [2.45, 2.75) is 39.3 Å². The van der Waals surface area contributed by atoms with E-state index in [1.165, 1.54) is 11.3 Å². The number of carbonyl (C=O) groups excluding carboxylic acids is 1. The standard InChI is InChI=1S/C11H18N2O2S/c1-4-8(3)13-10(11(14)15-5-2)9-6-16-7-12-9/h6-8,10,13H,4-5H2,1-3H3. The summed E-state index contributed by atoms with van der Waals surface area (Å²) in [7, 11) is 0. The van der Waals surface area contributed by atoms with Gasteiger partial charge in [-0.1, -0.05) is 6.92 Å². The molecule has 5 heteroatoms. The van der Waals surface area contributed by atoms with Crippen molar-refractivity contribution < 1.29 is 9.53 Å². The number of ether oxygens (including phenoxy) is 1. The smallest absolute Gasteiger partial charge is 0.329 e. The topological polar surface area (TPSA) is 51.2 Å². The van der Waals surface area contributed by atoms with Crippen LogP contribution in [0.4, 0.5) is 0 Å². The van der Waals surface area contributed by atoms with Crippen LogP contribution in [0, 0.1) is 0 Å². The van der Waals surface area contributed by atoms with Gasteiger partial charge in [-0.05, 0) is 20.3 Å². The maximum Gasteiger partial charge on any atom is 0.329 e. The fourth-order valence-corrected chi connectivity index (χ4v) is 1.85. The highest BCUT2D eigenvalue weighted by Crippen LogP contribution is 2.16. The second-order valence-electron chi connectivity index (χ2n) is 3.57. The zero-order valence-electron chi connectivity index (χ0n) is 9.90. The summed E-state index contributed by atoms with van der Waals surface area (Å²) in [6.45, 7) is 6.31. The highest BCUT2D eigenvalue weighted by Gasteiger charge is 2.24. The molecule has 0 aliphatic heterocycles. The molecule has 0 bridgehead atoms. The van der Waals surface area contributed by atoms with Crippen molar-refractivity contribution in [1.29, 1.82) is 0 Å². The summed E-state index contributed by atoms with van der Waals surface area (Å²) in [5, 5.41) is 5.10. The van der Waals surface area contributed by atoms with E-state index < -0.39 is 6.04 Å². The van der Waals surface area contributed by atoms with Crippen molar-refractivity contribution >= 4 is 17.3 Å². The number of hydrogen-bond acceptors (Lipinski definition) is 5. The molecule has 4 nitrogen and oxygen atoms in total. The average molecular weight is 242 g/mol. The minimum absolute atomic E-state index is 0.256. The van der Waals surface area contributed by atoms with Crippen LogP contribution in [0.5, 0.6) is 0 Å². The Bertz CT molecular complexity index is 314. The Morgan fingerprint density at radius 3 is 2.88 bits per heavy atom. The number of esters is 1. The van der Waals surface area contributed by atoms with Crippen molar-refractivity contribution in [2.75, 3.05) is 6.61 Å². The molecule has 1 aromatic rings. The second-order valence-corrected chi connectivity index (χ2v) is 4.29. The lowest BCUT2D eigenvalue weighted by Crippen LogP contribution is -2.36. The monoisotopic (exact) mass is 242 g/mol. The Kier molecular flexibility index (Phi) is 5.42. The maximum absolute atomic E-state index is 11.8. The molecule has 1 rings (SSSR count). The number of aromatic nitrogens is 1. The Morgan fingerprint density at radius 2 is 2.38 bits per heavy atom. The van der Waals surface area contributed by atoms with Gasteiger partial charge in [-0.25, -0.2) is 9.78 Å². The third kappa shape index (κ3) is 3.57. The number of rotatable bonds is 6. The molecule has 1 aromatic heterocycles. The maximum atomic E-state index is 11.8. The predicted molar refractivity (Wildman–Crippen MR) is 64.4 cm³/mol. The molecule has 0 amide bonds. The molecule has 0 aliphatic rings. The summed E-state index contributed by atoms with van der Waals surface area (Å²) >= 11 is 1.48. The van der Waals surface area contributed by atoms with Crippen LogP contribution in [-0.2, 0) is 9.53 Å². The minimum atomic E-state index is -0.443. The lowest BCUT2D eigenvalue weighted by atomic mass is 10.1. The van der Waals surface area contributed by atoms with Gasteiger partial charge in [0, 0.05) is 11.4 Å². The van der Waals surface area contributed by atoms with Crippen molar-refractivity contribution in [3.63, 3.8) is 0 Å². The fraction of sp³-hybridized carbons (Fsp3) is 0.636. The van der Waals surface area contributed by atoms with Gasteiger partial charge < -0.3 is 4.74 Å². The molecule has 1 heterocycles. The first kappa shape index (κ1) is 13.1. The summed E-state index contributed by atoms with van der Waals surface area (Å²) in [6.07, 6.45) is 0.958. The summed E-state index contributed by atoms with van der Waals surface area (Å²) in [4.78, 5) is 15.9. The van der Waals surface area contributed by atoms with Crippen LogP contribution in [0.1, 0.15) is 38.9 Å². The highest BCUT2D eigenvalue weighted by molar-refractivity contribution is 7.07. The first-order chi connectivity index (χ1) is 7.69. The molecule has 0 radical (unpaired) electrons. The zero-order valence-corrected chi connectivity index (χ0v) is 10.7. The summed E-state index contributed by atoms with van der Waals surface area (Å²) < 4.78 is 5.04. The van der Waals surface area contributed by atoms with Gasteiger partial charge in [-0.3, -0.25) is 5.32 Å². The molecule has 0 aliphatic carbocycles. The number of carbonyl (C=O) groups is 1. The summed E-state index contributed by atoms with van der Waals surface area (Å²) in [5.74, 6) is -0.256. The van der Waals surface area contributed by atoms with Gasteiger partial charge in [0.1, 0.15) is 6.04 Å². The van der Waals surface area contributed by atoms with Crippen LogP contribution in [0.2, 0.25) is 0 Å². The second kappa shape index (κ2) is 6.60.